The smallest absolute Gasteiger partial charge is 0.290 e. The predicted octanol–water partition coefficient (Wildman–Crippen LogP) is 0.788. The number of anilines is 1. The number of hydrogen-bond acceptors (Lipinski definition) is 7. The molecular formula is C16H21N5O3. The van der Waals surface area contributed by atoms with E-state index >= 15 is 0 Å². The van der Waals surface area contributed by atoms with E-state index in [0.717, 1.165) is 24.5 Å². The second kappa shape index (κ2) is 6.96. The Morgan fingerprint density at radius 3 is 3.08 bits per heavy atom. The van der Waals surface area contributed by atoms with Crippen molar-refractivity contribution in [3.63, 3.8) is 0 Å². The molecule has 1 saturated heterocycles. The molecule has 128 valence electrons. The van der Waals surface area contributed by atoms with Gasteiger partial charge in [-0.25, -0.2) is 4.98 Å². The zero-order chi connectivity index (χ0) is 17.0. The summed E-state index contributed by atoms with van der Waals surface area (Å²) in [6.07, 6.45) is 7.03. The Kier molecular flexibility index (Phi) is 4.75. The van der Waals surface area contributed by atoms with Gasteiger partial charge < -0.3 is 19.8 Å². The number of nitrogens with one attached hydrogen (secondary N) is 1. The van der Waals surface area contributed by atoms with Crippen LogP contribution in [0.2, 0.25) is 0 Å². The monoisotopic (exact) mass is 331 g/mol. The molecule has 2 N–H and O–H groups in total. The summed E-state index contributed by atoms with van der Waals surface area (Å²) in [5.41, 5.74) is -0.288. The normalized spacial score (nSPS) is 20.8. The number of hydrogen-bond donors (Lipinski definition) is 2. The number of rotatable bonds is 5. The summed E-state index contributed by atoms with van der Waals surface area (Å²) >= 11 is 0. The number of β-amino-alcohol motifs (C(OH)–C–C–N with tert-alkyl or cyclic N) is 1. The molecule has 0 spiro atoms. The van der Waals surface area contributed by atoms with Gasteiger partial charge in [-0.1, -0.05) is 12.1 Å². The van der Waals surface area contributed by atoms with E-state index in [9.17, 15) is 9.90 Å². The topological polar surface area (TPSA) is 104 Å². The highest BCUT2D eigenvalue weighted by Gasteiger charge is 2.34. The molecule has 3 heterocycles. The molecular weight excluding hydrogens is 310 g/mol. The van der Waals surface area contributed by atoms with E-state index in [4.69, 9.17) is 4.52 Å². The van der Waals surface area contributed by atoms with Crippen LogP contribution in [0.15, 0.2) is 29.2 Å². The lowest BCUT2D eigenvalue weighted by atomic mass is 9.92. The summed E-state index contributed by atoms with van der Waals surface area (Å²) in [4.78, 5) is 22.4. The molecule has 0 bridgehead atoms. The second-order valence-corrected chi connectivity index (χ2v) is 6.03. The highest BCUT2D eigenvalue weighted by atomic mass is 16.5. The molecule has 3 rings (SSSR count). The van der Waals surface area contributed by atoms with Crippen LogP contribution in [0.4, 0.5) is 5.82 Å². The van der Waals surface area contributed by atoms with Crippen molar-refractivity contribution in [3.8, 4) is 0 Å². The van der Waals surface area contributed by atoms with Gasteiger partial charge in [0.1, 0.15) is 5.82 Å². The molecule has 0 saturated carbocycles. The Hall–Kier alpha value is -2.48. The fourth-order valence-electron chi connectivity index (χ4n) is 2.82. The van der Waals surface area contributed by atoms with E-state index in [-0.39, 0.29) is 18.2 Å². The van der Waals surface area contributed by atoms with Crippen molar-refractivity contribution in [2.24, 2.45) is 0 Å². The number of aliphatic hydroxyl groups is 1. The molecule has 1 aliphatic heterocycles. The van der Waals surface area contributed by atoms with Crippen molar-refractivity contribution in [2.75, 3.05) is 24.5 Å². The molecule has 1 aliphatic rings. The van der Waals surface area contributed by atoms with Crippen LogP contribution in [-0.2, 0) is 6.42 Å². The maximum atomic E-state index is 12.1. The van der Waals surface area contributed by atoms with Crippen molar-refractivity contribution in [1.82, 2.24) is 20.4 Å². The molecule has 1 atom stereocenters. The van der Waals surface area contributed by atoms with Crippen LogP contribution < -0.4 is 10.2 Å². The van der Waals surface area contributed by atoms with Gasteiger partial charge in [-0.05, 0) is 19.3 Å². The van der Waals surface area contributed by atoms with Gasteiger partial charge in [0.15, 0.2) is 0 Å². The van der Waals surface area contributed by atoms with E-state index in [1.54, 1.807) is 24.7 Å². The van der Waals surface area contributed by atoms with Crippen molar-refractivity contribution in [1.29, 1.82) is 0 Å². The summed E-state index contributed by atoms with van der Waals surface area (Å²) in [7, 11) is 0. The Morgan fingerprint density at radius 1 is 1.50 bits per heavy atom. The molecule has 1 unspecified atom stereocenters. The Bertz CT molecular complexity index is 690. The maximum absolute atomic E-state index is 12.1. The number of nitrogens with zero attached hydrogens (tertiary/aromatic N) is 4. The SMILES string of the molecule is CCc1cc(C(=O)NCC2(O)CCCN(c3cnccn3)C2)on1. The standard InChI is InChI=1S/C16H21N5O3/c1-2-12-8-13(24-20-12)15(22)19-10-16(23)4-3-7-21(11-16)14-9-17-5-6-18-14/h5-6,8-9,23H,2-4,7,10-11H2,1H3,(H,19,22). The van der Waals surface area contributed by atoms with Gasteiger partial charge in [0.05, 0.1) is 17.5 Å². The molecule has 0 aromatic carbocycles. The zero-order valence-electron chi connectivity index (χ0n) is 13.6. The van der Waals surface area contributed by atoms with Crippen LogP contribution in [0, 0.1) is 0 Å². The number of piperidine rings is 1. The largest absolute Gasteiger partial charge is 0.386 e. The number of carbonyl (C=O) groups excluding carboxylic acids is 1. The third kappa shape index (κ3) is 3.70. The minimum Gasteiger partial charge on any atom is -0.386 e. The lowest BCUT2D eigenvalue weighted by Crippen LogP contribution is -2.54. The summed E-state index contributed by atoms with van der Waals surface area (Å²) in [5.74, 6) is 0.522. The second-order valence-electron chi connectivity index (χ2n) is 6.03. The molecule has 2 aromatic heterocycles. The Labute approximate surface area is 139 Å². The van der Waals surface area contributed by atoms with Crippen LogP contribution in [-0.4, -0.2) is 51.4 Å². The minimum atomic E-state index is -1.01. The van der Waals surface area contributed by atoms with Crippen molar-refractivity contribution in [2.45, 2.75) is 31.8 Å². The van der Waals surface area contributed by atoms with Gasteiger partial charge in [-0.2, -0.15) is 0 Å². The molecule has 8 nitrogen and oxygen atoms in total. The highest BCUT2D eigenvalue weighted by molar-refractivity contribution is 5.91. The molecule has 24 heavy (non-hydrogen) atoms. The summed E-state index contributed by atoms with van der Waals surface area (Å²) in [6, 6.07) is 1.62. The number of amides is 1. The number of aromatic nitrogens is 3. The minimum absolute atomic E-state index is 0.144. The van der Waals surface area contributed by atoms with E-state index in [1.165, 1.54) is 0 Å². The predicted molar refractivity (Wildman–Crippen MR) is 86.6 cm³/mol. The van der Waals surface area contributed by atoms with Crippen molar-refractivity contribution in [3.05, 3.63) is 36.1 Å². The van der Waals surface area contributed by atoms with Crippen LogP contribution in [0.1, 0.15) is 36.0 Å². The van der Waals surface area contributed by atoms with Gasteiger partial charge in [0.25, 0.3) is 5.91 Å². The van der Waals surface area contributed by atoms with Crippen molar-refractivity contribution < 1.29 is 14.4 Å². The quantitative estimate of drug-likeness (QED) is 0.834. The number of carbonyl (C=O) groups is 1. The third-order valence-corrected chi connectivity index (χ3v) is 4.15. The average Bonchev–Trinajstić information content (AvgIpc) is 3.10. The van der Waals surface area contributed by atoms with Crippen molar-refractivity contribution >= 4 is 11.7 Å². The van der Waals surface area contributed by atoms with E-state index in [0.29, 0.717) is 19.4 Å². The van der Waals surface area contributed by atoms with Crippen LogP contribution in [0.3, 0.4) is 0 Å². The Balaban J connectivity index is 1.60. The highest BCUT2D eigenvalue weighted by Crippen LogP contribution is 2.24. The summed E-state index contributed by atoms with van der Waals surface area (Å²) in [6.45, 7) is 3.27. The fraction of sp³-hybridized carbons (Fsp3) is 0.500. The van der Waals surface area contributed by atoms with E-state index in [2.05, 4.69) is 20.4 Å². The maximum Gasteiger partial charge on any atom is 0.290 e. The van der Waals surface area contributed by atoms with Crippen LogP contribution >= 0.6 is 0 Å². The Morgan fingerprint density at radius 2 is 2.38 bits per heavy atom. The van der Waals surface area contributed by atoms with Crippen LogP contribution in [0.5, 0.6) is 0 Å². The first kappa shape index (κ1) is 16.4. The summed E-state index contributed by atoms with van der Waals surface area (Å²) < 4.78 is 5.01. The lowest BCUT2D eigenvalue weighted by molar-refractivity contribution is 0.0250. The average molecular weight is 331 g/mol. The molecule has 0 aliphatic carbocycles. The lowest BCUT2D eigenvalue weighted by Gasteiger charge is -2.39. The van der Waals surface area contributed by atoms with E-state index < -0.39 is 5.60 Å². The van der Waals surface area contributed by atoms with Gasteiger partial charge in [-0.15, -0.1) is 0 Å². The molecule has 0 radical (unpaired) electrons. The first-order valence-electron chi connectivity index (χ1n) is 8.07. The van der Waals surface area contributed by atoms with Crippen LogP contribution in [0.25, 0.3) is 0 Å². The number of aryl methyl sites for hydroxylation is 1. The molecule has 1 fully saturated rings. The van der Waals surface area contributed by atoms with Gasteiger partial charge in [-0.3, -0.25) is 9.78 Å². The fourth-order valence-corrected chi connectivity index (χ4v) is 2.82. The molecule has 2 aromatic rings. The van der Waals surface area contributed by atoms with Gasteiger partial charge >= 0.3 is 0 Å². The van der Waals surface area contributed by atoms with E-state index in [1.807, 2.05) is 11.8 Å². The third-order valence-electron chi connectivity index (χ3n) is 4.15. The molecule has 8 heteroatoms. The zero-order valence-corrected chi connectivity index (χ0v) is 13.6. The first-order valence-corrected chi connectivity index (χ1v) is 8.07. The first-order chi connectivity index (χ1) is 11.6. The summed E-state index contributed by atoms with van der Waals surface area (Å²) in [5, 5.41) is 17.3. The molecule has 1 amide bonds. The van der Waals surface area contributed by atoms with Gasteiger partial charge in [0, 0.05) is 38.1 Å². The van der Waals surface area contributed by atoms with Gasteiger partial charge in [0.2, 0.25) is 5.76 Å².